The minimum atomic E-state index is -0.416. The first-order valence-corrected chi connectivity index (χ1v) is 5.88. The molecule has 15 heavy (non-hydrogen) atoms. The molecule has 82 valence electrons. The highest BCUT2D eigenvalue weighted by Gasteiger charge is 2.65. The van der Waals surface area contributed by atoms with Crippen LogP contribution in [-0.2, 0) is 14.3 Å². The Morgan fingerprint density at radius 1 is 1.07 bits per heavy atom. The van der Waals surface area contributed by atoms with Gasteiger partial charge in [-0.3, -0.25) is 9.59 Å². The van der Waals surface area contributed by atoms with Gasteiger partial charge in [-0.1, -0.05) is 12.8 Å². The molecule has 0 aromatic carbocycles. The first-order chi connectivity index (χ1) is 7.19. The lowest BCUT2D eigenvalue weighted by Crippen LogP contribution is -2.50. The third-order valence-electron chi connectivity index (χ3n) is 4.78. The molecule has 0 bridgehead atoms. The molecule has 2 saturated carbocycles. The summed E-state index contributed by atoms with van der Waals surface area (Å²) in [6.45, 7) is 0.569. The van der Waals surface area contributed by atoms with E-state index in [9.17, 15) is 9.59 Å². The first-order valence-electron chi connectivity index (χ1n) is 5.88. The SMILES string of the molecule is O=C1CCC23CCCCC2(C1)C(=O)OC3. The second-order valence-corrected chi connectivity index (χ2v) is 5.36. The van der Waals surface area contributed by atoms with Crippen molar-refractivity contribution in [3.8, 4) is 0 Å². The Bertz CT molecular complexity index is 336. The summed E-state index contributed by atoms with van der Waals surface area (Å²) in [5.41, 5.74) is -0.392. The summed E-state index contributed by atoms with van der Waals surface area (Å²) in [6.07, 6.45) is 6.18. The Labute approximate surface area is 89.2 Å². The van der Waals surface area contributed by atoms with Crippen LogP contribution in [0, 0.1) is 10.8 Å². The van der Waals surface area contributed by atoms with E-state index in [1.807, 2.05) is 0 Å². The highest BCUT2D eigenvalue weighted by Crippen LogP contribution is 2.62. The van der Waals surface area contributed by atoms with Crippen LogP contribution >= 0.6 is 0 Å². The molecule has 0 spiro atoms. The number of hydrogen-bond donors (Lipinski definition) is 0. The molecular weight excluding hydrogens is 192 g/mol. The molecule has 3 nitrogen and oxygen atoms in total. The molecule has 0 amide bonds. The van der Waals surface area contributed by atoms with Gasteiger partial charge >= 0.3 is 5.97 Å². The van der Waals surface area contributed by atoms with Crippen LogP contribution < -0.4 is 0 Å². The average Bonchev–Trinajstić information content (AvgIpc) is 2.54. The van der Waals surface area contributed by atoms with Crippen molar-refractivity contribution in [1.29, 1.82) is 0 Å². The quantitative estimate of drug-likeness (QED) is 0.570. The molecule has 3 fully saturated rings. The highest BCUT2D eigenvalue weighted by molar-refractivity contribution is 5.90. The number of ether oxygens (including phenoxy) is 1. The normalized spacial score (nSPS) is 44.5. The van der Waals surface area contributed by atoms with Crippen molar-refractivity contribution in [3.05, 3.63) is 0 Å². The summed E-state index contributed by atoms with van der Waals surface area (Å²) in [6, 6.07) is 0. The zero-order valence-corrected chi connectivity index (χ0v) is 8.88. The van der Waals surface area contributed by atoms with Crippen molar-refractivity contribution in [2.24, 2.45) is 10.8 Å². The molecule has 1 aliphatic heterocycles. The van der Waals surface area contributed by atoms with Gasteiger partial charge in [-0.15, -0.1) is 0 Å². The van der Waals surface area contributed by atoms with E-state index in [0.717, 1.165) is 25.7 Å². The van der Waals surface area contributed by atoms with Crippen LogP contribution in [0.5, 0.6) is 0 Å². The fraction of sp³-hybridized carbons (Fsp3) is 0.833. The smallest absolute Gasteiger partial charge is 0.313 e. The highest BCUT2D eigenvalue weighted by atomic mass is 16.5. The van der Waals surface area contributed by atoms with Gasteiger partial charge in [-0.2, -0.15) is 0 Å². The third kappa shape index (κ3) is 1.01. The Balaban J connectivity index is 2.06. The van der Waals surface area contributed by atoms with Crippen molar-refractivity contribution >= 4 is 11.8 Å². The van der Waals surface area contributed by atoms with Crippen LogP contribution in [-0.4, -0.2) is 18.4 Å². The van der Waals surface area contributed by atoms with Crippen molar-refractivity contribution in [2.75, 3.05) is 6.61 Å². The summed E-state index contributed by atoms with van der Waals surface area (Å²) in [5, 5.41) is 0. The van der Waals surface area contributed by atoms with Crippen molar-refractivity contribution in [3.63, 3.8) is 0 Å². The molecule has 0 N–H and O–H groups in total. The van der Waals surface area contributed by atoms with Crippen molar-refractivity contribution < 1.29 is 14.3 Å². The molecule has 0 aromatic rings. The maximum atomic E-state index is 11.9. The molecule has 2 unspecified atom stereocenters. The van der Waals surface area contributed by atoms with Crippen molar-refractivity contribution in [1.82, 2.24) is 0 Å². The van der Waals surface area contributed by atoms with Crippen LogP contribution in [0.2, 0.25) is 0 Å². The van der Waals surface area contributed by atoms with Crippen molar-refractivity contribution in [2.45, 2.75) is 44.9 Å². The first kappa shape index (κ1) is 9.37. The van der Waals surface area contributed by atoms with E-state index >= 15 is 0 Å². The van der Waals surface area contributed by atoms with E-state index < -0.39 is 5.41 Å². The van der Waals surface area contributed by atoms with E-state index in [-0.39, 0.29) is 17.2 Å². The maximum absolute atomic E-state index is 11.9. The Morgan fingerprint density at radius 3 is 2.73 bits per heavy atom. The largest absolute Gasteiger partial charge is 0.465 e. The topological polar surface area (TPSA) is 43.4 Å². The molecule has 3 heteroatoms. The number of esters is 1. The standard InChI is InChI=1S/C12H16O3/c13-9-3-6-11-4-1-2-5-12(11,7-9)10(14)15-8-11/h1-8H2. The van der Waals surface area contributed by atoms with Crippen LogP contribution in [0.4, 0.5) is 0 Å². The van der Waals surface area contributed by atoms with E-state index in [1.54, 1.807) is 0 Å². The maximum Gasteiger partial charge on any atom is 0.313 e. The monoisotopic (exact) mass is 208 g/mol. The molecule has 1 saturated heterocycles. The Morgan fingerprint density at radius 2 is 1.87 bits per heavy atom. The zero-order valence-electron chi connectivity index (χ0n) is 8.88. The zero-order chi connectivity index (χ0) is 10.5. The Hall–Kier alpha value is -0.860. The molecule has 2 aliphatic carbocycles. The Kier molecular flexibility index (Phi) is 1.77. The summed E-state index contributed by atoms with van der Waals surface area (Å²) in [7, 11) is 0. The van der Waals surface area contributed by atoms with Gasteiger partial charge in [0.15, 0.2) is 0 Å². The summed E-state index contributed by atoms with van der Waals surface area (Å²) >= 11 is 0. The van der Waals surface area contributed by atoms with E-state index in [2.05, 4.69) is 0 Å². The lowest BCUT2D eigenvalue weighted by Gasteiger charge is -2.48. The molecule has 0 aromatic heterocycles. The minimum absolute atomic E-state index is 0.0241. The lowest BCUT2D eigenvalue weighted by molar-refractivity contribution is -0.154. The van der Waals surface area contributed by atoms with Gasteiger partial charge in [0.2, 0.25) is 0 Å². The van der Waals surface area contributed by atoms with Crippen LogP contribution in [0.3, 0.4) is 0 Å². The number of carbonyl (C=O) groups is 2. The minimum Gasteiger partial charge on any atom is -0.465 e. The predicted octanol–water partition coefficient (Wildman–Crippen LogP) is 1.84. The van der Waals surface area contributed by atoms with E-state index in [1.165, 1.54) is 6.42 Å². The summed E-state index contributed by atoms with van der Waals surface area (Å²) in [4.78, 5) is 23.5. The van der Waals surface area contributed by atoms with Gasteiger partial charge in [0.25, 0.3) is 0 Å². The number of rotatable bonds is 0. The summed E-state index contributed by atoms with van der Waals surface area (Å²) in [5.74, 6) is 0.168. The predicted molar refractivity (Wildman–Crippen MR) is 53.2 cm³/mol. The molecular formula is C12H16O3. The van der Waals surface area contributed by atoms with E-state index in [4.69, 9.17) is 4.74 Å². The van der Waals surface area contributed by atoms with Crippen LogP contribution in [0.1, 0.15) is 44.9 Å². The van der Waals surface area contributed by atoms with Gasteiger partial charge in [0.1, 0.15) is 5.78 Å². The summed E-state index contributed by atoms with van der Waals surface area (Å²) < 4.78 is 5.29. The fourth-order valence-corrected chi connectivity index (χ4v) is 3.85. The second kappa shape index (κ2) is 2.83. The van der Waals surface area contributed by atoms with Gasteiger partial charge in [-0.05, 0) is 19.3 Å². The number of Topliss-reactive ketones (excluding diaryl/α,β-unsaturated/α-hetero) is 1. The van der Waals surface area contributed by atoms with Gasteiger partial charge < -0.3 is 4.74 Å². The third-order valence-corrected chi connectivity index (χ3v) is 4.78. The molecule has 2 atom stereocenters. The van der Waals surface area contributed by atoms with E-state index in [0.29, 0.717) is 19.4 Å². The van der Waals surface area contributed by atoms with Crippen LogP contribution in [0.15, 0.2) is 0 Å². The number of hydrogen-bond acceptors (Lipinski definition) is 3. The number of cyclic esters (lactones) is 1. The van der Waals surface area contributed by atoms with Gasteiger partial charge in [-0.25, -0.2) is 0 Å². The fourth-order valence-electron chi connectivity index (χ4n) is 3.85. The number of ketones is 1. The van der Waals surface area contributed by atoms with Crippen LogP contribution in [0.25, 0.3) is 0 Å². The lowest BCUT2D eigenvalue weighted by atomic mass is 9.51. The van der Waals surface area contributed by atoms with Gasteiger partial charge in [0.05, 0.1) is 12.0 Å². The molecule has 3 aliphatic rings. The molecule has 1 heterocycles. The van der Waals surface area contributed by atoms with Gasteiger partial charge in [0, 0.05) is 18.3 Å². The molecule has 0 radical (unpaired) electrons. The molecule has 3 rings (SSSR count). The average molecular weight is 208 g/mol. The number of carbonyl (C=O) groups excluding carboxylic acids is 2. The second-order valence-electron chi connectivity index (χ2n) is 5.36.